The molecule has 0 amide bonds. The molecular formula is C13H13N3O4. The molecule has 0 fully saturated rings. The average molecular weight is 275 g/mol. The molecule has 7 nitrogen and oxygen atoms in total. The van der Waals surface area contributed by atoms with E-state index >= 15 is 0 Å². The lowest BCUT2D eigenvalue weighted by atomic mass is 10.1. The minimum atomic E-state index is -1.08. The summed E-state index contributed by atoms with van der Waals surface area (Å²) < 4.78 is 1.56. The molecule has 0 radical (unpaired) electrons. The lowest BCUT2D eigenvalue weighted by molar-refractivity contribution is -0.384. The normalized spacial score (nSPS) is 10.8. The molecular weight excluding hydrogens is 262 g/mol. The summed E-state index contributed by atoms with van der Waals surface area (Å²) in [5.74, 6) is -1.08. The summed E-state index contributed by atoms with van der Waals surface area (Å²) in [4.78, 5) is 21.3. The molecule has 0 saturated carbocycles. The Morgan fingerprint density at radius 3 is 2.40 bits per heavy atom. The van der Waals surface area contributed by atoms with Crippen LogP contribution in [0.1, 0.15) is 30.2 Å². The summed E-state index contributed by atoms with van der Waals surface area (Å²) in [5.41, 5.74) is 0.870. The summed E-state index contributed by atoms with van der Waals surface area (Å²) in [7, 11) is 0. The first kappa shape index (κ1) is 13.7. The fourth-order valence-electron chi connectivity index (χ4n) is 1.77. The van der Waals surface area contributed by atoms with Crippen LogP contribution in [0.5, 0.6) is 0 Å². The van der Waals surface area contributed by atoms with Crippen LogP contribution in [-0.2, 0) is 0 Å². The van der Waals surface area contributed by atoms with Crippen molar-refractivity contribution in [2.45, 2.75) is 19.9 Å². The summed E-state index contributed by atoms with van der Waals surface area (Å²) in [6, 6.07) is 5.68. The summed E-state index contributed by atoms with van der Waals surface area (Å²) in [5, 5.41) is 24.1. The lowest BCUT2D eigenvalue weighted by Crippen LogP contribution is -2.00. The zero-order valence-electron chi connectivity index (χ0n) is 11.0. The van der Waals surface area contributed by atoms with Crippen molar-refractivity contribution in [1.29, 1.82) is 0 Å². The number of rotatable bonds is 4. The zero-order chi connectivity index (χ0) is 14.9. The van der Waals surface area contributed by atoms with Crippen molar-refractivity contribution in [3.05, 3.63) is 46.1 Å². The van der Waals surface area contributed by atoms with E-state index in [-0.39, 0.29) is 17.3 Å². The van der Waals surface area contributed by atoms with E-state index in [1.807, 2.05) is 13.8 Å². The molecule has 2 rings (SSSR count). The zero-order valence-corrected chi connectivity index (χ0v) is 11.0. The minimum absolute atomic E-state index is 0.0277. The molecule has 104 valence electrons. The number of carbonyl (C=O) groups is 1. The van der Waals surface area contributed by atoms with Crippen LogP contribution < -0.4 is 0 Å². The van der Waals surface area contributed by atoms with E-state index in [9.17, 15) is 20.0 Å². The first-order valence-corrected chi connectivity index (χ1v) is 5.97. The summed E-state index contributed by atoms with van der Waals surface area (Å²) >= 11 is 0. The number of carboxylic acids is 1. The molecule has 7 heteroatoms. The highest BCUT2D eigenvalue weighted by atomic mass is 16.6. The van der Waals surface area contributed by atoms with Crippen LogP contribution in [0.4, 0.5) is 5.69 Å². The summed E-state index contributed by atoms with van der Waals surface area (Å²) in [6.45, 7) is 3.77. The van der Waals surface area contributed by atoms with E-state index in [1.165, 1.54) is 30.5 Å². The number of aromatic nitrogens is 2. The molecule has 0 spiro atoms. The average Bonchev–Trinajstić information content (AvgIpc) is 2.84. The Labute approximate surface area is 114 Å². The van der Waals surface area contributed by atoms with Crippen LogP contribution in [0.25, 0.3) is 11.3 Å². The maximum Gasteiger partial charge on any atom is 0.339 e. The van der Waals surface area contributed by atoms with Gasteiger partial charge in [0, 0.05) is 29.9 Å². The quantitative estimate of drug-likeness (QED) is 0.683. The predicted molar refractivity (Wildman–Crippen MR) is 71.7 cm³/mol. The van der Waals surface area contributed by atoms with Gasteiger partial charge in [-0.25, -0.2) is 4.79 Å². The van der Waals surface area contributed by atoms with Crippen LogP contribution in [0.3, 0.4) is 0 Å². The Hall–Kier alpha value is -2.70. The Morgan fingerprint density at radius 2 is 1.95 bits per heavy atom. The van der Waals surface area contributed by atoms with Crippen molar-refractivity contribution in [2.24, 2.45) is 0 Å². The van der Waals surface area contributed by atoms with Crippen LogP contribution in [0.2, 0.25) is 0 Å². The van der Waals surface area contributed by atoms with Crippen molar-refractivity contribution in [3.63, 3.8) is 0 Å². The van der Waals surface area contributed by atoms with Crippen molar-refractivity contribution in [1.82, 2.24) is 9.78 Å². The van der Waals surface area contributed by atoms with Gasteiger partial charge >= 0.3 is 5.97 Å². The molecule has 20 heavy (non-hydrogen) atoms. The van der Waals surface area contributed by atoms with Gasteiger partial charge < -0.3 is 5.11 Å². The third kappa shape index (κ3) is 2.51. The van der Waals surface area contributed by atoms with Gasteiger partial charge in [0.25, 0.3) is 5.69 Å². The monoisotopic (exact) mass is 275 g/mol. The lowest BCUT2D eigenvalue weighted by Gasteiger charge is -2.03. The summed E-state index contributed by atoms with van der Waals surface area (Å²) in [6.07, 6.45) is 1.46. The molecule has 0 atom stereocenters. The molecule has 1 N–H and O–H groups in total. The second-order valence-electron chi connectivity index (χ2n) is 4.57. The van der Waals surface area contributed by atoms with Crippen molar-refractivity contribution >= 4 is 11.7 Å². The SMILES string of the molecule is CC(C)n1cc(C(=O)O)c(-c2ccc([N+](=O)[O-])cc2)n1. The van der Waals surface area contributed by atoms with Crippen LogP contribution in [-0.4, -0.2) is 25.8 Å². The van der Waals surface area contributed by atoms with E-state index < -0.39 is 10.9 Å². The van der Waals surface area contributed by atoms with E-state index in [0.29, 0.717) is 11.3 Å². The molecule has 1 aromatic heterocycles. The third-order valence-corrected chi connectivity index (χ3v) is 2.84. The topological polar surface area (TPSA) is 98.3 Å². The van der Waals surface area contributed by atoms with E-state index in [2.05, 4.69) is 5.10 Å². The van der Waals surface area contributed by atoms with Crippen LogP contribution in [0, 0.1) is 10.1 Å². The van der Waals surface area contributed by atoms with Gasteiger partial charge in [-0.1, -0.05) is 0 Å². The van der Waals surface area contributed by atoms with Gasteiger partial charge in [-0.05, 0) is 26.0 Å². The highest BCUT2D eigenvalue weighted by Crippen LogP contribution is 2.25. The number of nitro benzene ring substituents is 1. The molecule has 0 bridgehead atoms. The number of aromatic carboxylic acids is 1. The van der Waals surface area contributed by atoms with Crippen molar-refractivity contribution in [2.75, 3.05) is 0 Å². The Bertz CT molecular complexity index is 659. The third-order valence-electron chi connectivity index (χ3n) is 2.84. The molecule has 0 aliphatic rings. The van der Waals surface area contributed by atoms with Gasteiger partial charge in [0.15, 0.2) is 0 Å². The smallest absolute Gasteiger partial charge is 0.339 e. The maximum atomic E-state index is 11.2. The molecule has 0 saturated heterocycles. The van der Waals surface area contributed by atoms with Gasteiger partial charge in [-0.3, -0.25) is 14.8 Å². The number of benzene rings is 1. The molecule has 0 unspecified atom stereocenters. The van der Waals surface area contributed by atoms with Gasteiger partial charge in [0.1, 0.15) is 11.3 Å². The first-order valence-electron chi connectivity index (χ1n) is 5.97. The number of nitro groups is 1. The molecule has 0 aliphatic heterocycles. The van der Waals surface area contributed by atoms with Crippen LogP contribution >= 0.6 is 0 Å². The van der Waals surface area contributed by atoms with Gasteiger partial charge in [-0.15, -0.1) is 0 Å². The molecule has 0 aliphatic carbocycles. The number of hydrogen-bond acceptors (Lipinski definition) is 4. The number of non-ortho nitro benzene ring substituents is 1. The fourth-order valence-corrected chi connectivity index (χ4v) is 1.77. The Balaban J connectivity index is 2.50. The van der Waals surface area contributed by atoms with E-state index in [4.69, 9.17) is 0 Å². The Morgan fingerprint density at radius 1 is 1.35 bits per heavy atom. The predicted octanol–water partition coefficient (Wildman–Crippen LogP) is 2.74. The van der Waals surface area contributed by atoms with Crippen molar-refractivity contribution < 1.29 is 14.8 Å². The fraction of sp³-hybridized carbons (Fsp3) is 0.231. The van der Waals surface area contributed by atoms with Gasteiger partial charge in [0.05, 0.1) is 4.92 Å². The highest BCUT2D eigenvalue weighted by Gasteiger charge is 2.18. The van der Waals surface area contributed by atoms with Crippen LogP contribution in [0.15, 0.2) is 30.5 Å². The molecule has 1 aromatic carbocycles. The van der Waals surface area contributed by atoms with Gasteiger partial charge in [-0.2, -0.15) is 5.10 Å². The standard InChI is InChI=1S/C13H13N3O4/c1-8(2)15-7-11(13(17)18)12(14-15)9-3-5-10(6-4-9)16(19)20/h3-8H,1-2H3,(H,17,18). The van der Waals surface area contributed by atoms with Crippen molar-refractivity contribution in [3.8, 4) is 11.3 Å². The van der Waals surface area contributed by atoms with E-state index in [0.717, 1.165) is 0 Å². The highest BCUT2D eigenvalue weighted by molar-refractivity contribution is 5.94. The maximum absolute atomic E-state index is 11.2. The second kappa shape index (κ2) is 5.12. The minimum Gasteiger partial charge on any atom is -0.478 e. The number of hydrogen-bond donors (Lipinski definition) is 1. The largest absolute Gasteiger partial charge is 0.478 e. The van der Waals surface area contributed by atoms with Gasteiger partial charge in [0.2, 0.25) is 0 Å². The number of carboxylic acid groups (broad SMARTS) is 1. The second-order valence-corrected chi connectivity index (χ2v) is 4.57. The Kier molecular flexibility index (Phi) is 3.51. The first-order chi connectivity index (χ1) is 9.40. The number of nitrogens with zero attached hydrogens (tertiary/aromatic N) is 3. The molecule has 1 heterocycles. The molecule has 2 aromatic rings. The van der Waals surface area contributed by atoms with E-state index in [1.54, 1.807) is 4.68 Å².